The molecule has 0 spiro atoms. The predicted octanol–water partition coefficient (Wildman–Crippen LogP) is 3.64. The largest absolute Gasteiger partial charge is 0.351 e. The maximum Gasteiger partial charge on any atom is 0.265 e. The van der Waals surface area contributed by atoms with E-state index in [-0.39, 0.29) is 46.1 Å². The minimum Gasteiger partial charge on any atom is -0.351 e. The van der Waals surface area contributed by atoms with Crippen molar-refractivity contribution in [1.82, 2.24) is 30.5 Å². The van der Waals surface area contributed by atoms with Gasteiger partial charge in [-0.2, -0.15) is 15.0 Å². The van der Waals surface area contributed by atoms with Crippen molar-refractivity contribution in [3.63, 3.8) is 0 Å². The molecule has 0 radical (unpaired) electrons. The van der Waals surface area contributed by atoms with Crippen molar-refractivity contribution in [2.45, 2.75) is 128 Å². The second-order valence-corrected chi connectivity index (χ2v) is 13.9. The molecule has 10 heteroatoms. The van der Waals surface area contributed by atoms with Crippen LogP contribution in [0.1, 0.15) is 93.9 Å². The molecule has 3 aliphatic heterocycles. The van der Waals surface area contributed by atoms with Crippen LogP contribution in [-0.4, -0.2) is 79.3 Å². The summed E-state index contributed by atoms with van der Waals surface area (Å²) in [4.78, 5) is 32.7. The molecular formula is C27H47N9O. The zero-order chi connectivity index (χ0) is 27.1. The molecule has 0 aromatic carbocycles. The van der Waals surface area contributed by atoms with Gasteiger partial charge in [-0.25, -0.2) is 4.99 Å². The lowest BCUT2D eigenvalue weighted by molar-refractivity contribution is -0.122. The maximum absolute atomic E-state index is 12.6. The molecule has 10 nitrogen and oxygen atoms in total. The zero-order valence-corrected chi connectivity index (χ0v) is 24.0. The van der Waals surface area contributed by atoms with Crippen LogP contribution < -0.4 is 21.3 Å². The van der Waals surface area contributed by atoms with Gasteiger partial charge >= 0.3 is 0 Å². The Kier molecular flexibility index (Phi) is 7.56. The first-order valence-electron chi connectivity index (χ1n) is 13.8. The highest BCUT2D eigenvalue weighted by Crippen LogP contribution is 2.32. The highest BCUT2D eigenvalue weighted by molar-refractivity contribution is 6.26. The Hall–Kier alpha value is -2.33. The second-order valence-electron chi connectivity index (χ2n) is 13.9. The molecule has 37 heavy (non-hydrogen) atoms. The summed E-state index contributed by atoms with van der Waals surface area (Å²) >= 11 is 0. The molecule has 4 N–H and O–H groups in total. The average Bonchev–Trinajstić information content (AvgIpc) is 3.22. The molecule has 3 fully saturated rings. The van der Waals surface area contributed by atoms with Crippen LogP contribution >= 0.6 is 0 Å². The van der Waals surface area contributed by atoms with E-state index < -0.39 is 0 Å². The van der Waals surface area contributed by atoms with E-state index >= 15 is 0 Å². The molecule has 206 valence electrons. The topological polar surface area (TPSA) is 119 Å². The monoisotopic (exact) mass is 513 g/mol. The number of nitrogens with zero attached hydrogens (tertiary/aromatic N) is 5. The first-order chi connectivity index (χ1) is 17.1. The van der Waals surface area contributed by atoms with Gasteiger partial charge in [-0.15, -0.1) is 0 Å². The fourth-order valence-electron chi connectivity index (χ4n) is 6.90. The molecule has 0 bridgehead atoms. The standard InChI is InChI=1S/C27H47N9O/c1-24(2)13-18(14-25(3,4)34-24)29-22-31-21(28-17-20(37)36-11-9-10-12-36)32-23(33-22)30-19-15-26(5,6)35-27(7,8)16-19/h17-19,34-35H,9-16H2,1-8H3,(H2,29,30,31,32,33). The van der Waals surface area contributed by atoms with E-state index in [0.717, 1.165) is 51.6 Å². The Morgan fingerprint density at radius 2 is 1.19 bits per heavy atom. The fourth-order valence-corrected chi connectivity index (χ4v) is 6.90. The average molecular weight is 514 g/mol. The lowest BCUT2D eigenvalue weighted by atomic mass is 9.79. The van der Waals surface area contributed by atoms with Gasteiger partial charge in [-0.1, -0.05) is 0 Å². The molecule has 1 amide bonds. The van der Waals surface area contributed by atoms with Crippen molar-refractivity contribution in [3.05, 3.63) is 0 Å². The highest BCUT2D eigenvalue weighted by Gasteiger charge is 2.39. The minimum atomic E-state index is -0.0920. The van der Waals surface area contributed by atoms with Crippen LogP contribution in [0.15, 0.2) is 4.99 Å². The first kappa shape index (κ1) is 27.7. The van der Waals surface area contributed by atoms with Crippen LogP contribution in [0, 0.1) is 0 Å². The lowest BCUT2D eigenvalue weighted by Crippen LogP contribution is -2.60. The van der Waals surface area contributed by atoms with E-state index in [1.54, 1.807) is 0 Å². The number of carbonyl (C=O) groups excluding carboxylic acids is 1. The SMILES string of the molecule is CC1(C)CC(Nc2nc(N=CC(=O)N3CCCC3)nc(NC3CC(C)(C)NC(C)(C)C3)n2)CC(C)(C)N1. The third-order valence-corrected chi connectivity index (χ3v) is 7.38. The van der Waals surface area contributed by atoms with Crippen LogP contribution in [0.4, 0.5) is 17.8 Å². The van der Waals surface area contributed by atoms with Crippen LogP contribution in [0.2, 0.25) is 0 Å². The molecule has 1 aromatic rings. The van der Waals surface area contributed by atoms with E-state index in [0.29, 0.717) is 11.9 Å². The van der Waals surface area contributed by atoms with E-state index in [4.69, 9.17) is 4.98 Å². The minimum absolute atomic E-state index is 0.0110. The van der Waals surface area contributed by atoms with Gasteiger partial charge in [0.2, 0.25) is 11.9 Å². The molecule has 3 aliphatic rings. The highest BCUT2D eigenvalue weighted by atomic mass is 16.2. The number of likely N-dealkylation sites (tertiary alicyclic amines) is 1. The number of aliphatic imine (C=N–C) groups is 1. The molecule has 0 unspecified atom stereocenters. The molecule has 3 saturated heterocycles. The smallest absolute Gasteiger partial charge is 0.265 e. The van der Waals surface area contributed by atoms with Crippen molar-refractivity contribution in [2.75, 3.05) is 23.7 Å². The normalized spacial score (nSPS) is 25.4. The van der Waals surface area contributed by atoms with Gasteiger partial charge in [0.25, 0.3) is 11.9 Å². The van der Waals surface area contributed by atoms with Gasteiger partial charge in [0.1, 0.15) is 0 Å². The number of hydrogen-bond donors (Lipinski definition) is 4. The van der Waals surface area contributed by atoms with Gasteiger partial charge in [0.05, 0.1) is 6.21 Å². The molecule has 0 saturated carbocycles. The molecule has 0 aliphatic carbocycles. The number of hydrogen-bond acceptors (Lipinski definition) is 9. The van der Waals surface area contributed by atoms with Crippen LogP contribution in [0.3, 0.4) is 0 Å². The van der Waals surface area contributed by atoms with Gasteiger partial charge in [0.15, 0.2) is 0 Å². The van der Waals surface area contributed by atoms with Crippen molar-refractivity contribution in [3.8, 4) is 0 Å². The summed E-state index contributed by atoms with van der Waals surface area (Å²) in [5.41, 5.74) is -0.0440. The summed E-state index contributed by atoms with van der Waals surface area (Å²) < 4.78 is 0. The van der Waals surface area contributed by atoms with E-state index in [1.807, 2.05) is 4.90 Å². The Morgan fingerprint density at radius 3 is 1.59 bits per heavy atom. The van der Waals surface area contributed by atoms with Gasteiger partial charge < -0.3 is 26.2 Å². The van der Waals surface area contributed by atoms with E-state index in [9.17, 15) is 4.79 Å². The third-order valence-electron chi connectivity index (χ3n) is 7.38. The summed E-state index contributed by atoms with van der Waals surface area (Å²) in [6.07, 6.45) is 7.18. The van der Waals surface area contributed by atoms with Gasteiger partial charge in [-0.3, -0.25) is 4.79 Å². The number of carbonyl (C=O) groups is 1. The Morgan fingerprint density at radius 1 is 0.784 bits per heavy atom. The molecule has 4 heterocycles. The second kappa shape index (κ2) is 10.1. The number of nitrogens with one attached hydrogen (secondary N) is 4. The van der Waals surface area contributed by atoms with Crippen LogP contribution in [-0.2, 0) is 4.79 Å². The number of rotatable bonds is 6. The maximum atomic E-state index is 12.6. The van der Waals surface area contributed by atoms with Crippen molar-refractivity contribution < 1.29 is 4.79 Å². The quantitative estimate of drug-likeness (QED) is 0.426. The zero-order valence-electron chi connectivity index (χ0n) is 24.0. The lowest BCUT2D eigenvalue weighted by Gasteiger charge is -2.46. The van der Waals surface area contributed by atoms with Gasteiger partial charge in [-0.05, 0) is 93.9 Å². The molecule has 1 aromatic heterocycles. The molecular weight excluding hydrogens is 466 g/mol. The number of amides is 1. The molecule has 0 atom stereocenters. The number of piperidine rings is 2. The summed E-state index contributed by atoms with van der Waals surface area (Å²) in [5.74, 6) is 1.13. The van der Waals surface area contributed by atoms with Gasteiger partial charge in [0, 0.05) is 47.3 Å². The van der Waals surface area contributed by atoms with Crippen LogP contribution in [0.5, 0.6) is 0 Å². The van der Waals surface area contributed by atoms with E-state index in [2.05, 4.69) is 91.6 Å². The van der Waals surface area contributed by atoms with Crippen LogP contribution in [0.25, 0.3) is 0 Å². The number of aromatic nitrogens is 3. The summed E-state index contributed by atoms with van der Waals surface area (Å²) in [6, 6.07) is 0.391. The molecule has 4 rings (SSSR count). The summed E-state index contributed by atoms with van der Waals surface area (Å²) in [7, 11) is 0. The van der Waals surface area contributed by atoms with E-state index in [1.165, 1.54) is 6.21 Å². The third kappa shape index (κ3) is 7.83. The summed E-state index contributed by atoms with van der Waals surface area (Å²) in [5, 5.41) is 14.6. The summed E-state index contributed by atoms with van der Waals surface area (Å²) in [6.45, 7) is 19.4. The Labute approximate surface area is 222 Å². The number of anilines is 2. The Balaban J connectivity index is 1.58. The first-order valence-corrected chi connectivity index (χ1v) is 13.8. The van der Waals surface area contributed by atoms with Crippen molar-refractivity contribution >= 4 is 30.0 Å². The predicted molar refractivity (Wildman–Crippen MR) is 150 cm³/mol. The van der Waals surface area contributed by atoms with Crippen molar-refractivity contribution in [2.24, 2.45) is 4.99 Å². The Bertz CT molecular complexity index is 921. The van der Waals surface area contributed by atoms with Crippen molar-refractivity contribution in [1.29, 1.82) is 0 Å². The fraction of sp³-hybridized carbons (Fsp3) is 0.815.